The zero-order valence-corrected chi connectivity index (χ0v) is 13.3. The maximum Gasteiger partial charge on any atom is 0.215 e. The van der Waals surface area contributed by atoms with Gasteiger partial charge < -0.3 is 4.74 Å². The third-order valence-electron chi connectivity index (χ3n) is 3.05. The maximum absolute atomic E-state index is 12.8. The Balaban J connectivity index is 2.42. The average Bonchev–Trinajstić information content (AvgIpc) is 2.82. The molecule has 0 aliphatic carbocycles. The molecule has 4 nitrogen and oxygen atoms in total. The summed E-state index contributed by atoms with van der Waals surface area (Å²) < 4.78 is 7.80. The van der Waals surface area contributed by atoms with Gasteiger partial charge in [-0.15, -0.1) is 0 Å². The van der Waals surface area contributed by atoms with Gasteiger partial charge in [0.05, 0.1) is 10.7 Å². The van der Waals surface area contributed by atoms with Crippen molar-refractivity contribution >= 4 is 21.7 Å². The lowest BCUT2D eigenvalue weighted by Crippen LogP contribution is -2.20. The zero-order valence-electron chi connectivity index (χ0n) is 11.7. The molecule has 106 valence electrons. The van der Waals surface area contributed by atoms with Crippen LogP contribution in [0.4, 0.5) is 0 Å². The minimum absolute atomic E-state index is 0.100. The average molecular weight is 337 g/mol. The first-order valence-corrected chi connectivity index (χ1v) is 7.20. The molecule has 1 aromatic carbocycles. The van der Waals surface area contributed by atoms with E-state index >= 15 is 0 Å². The molecule has 5 heteroatoms. The molecule has 0 aliphatic rings. The van der Waals surface area contributed by atoms with Gasteiger partial charge in [0.2, 0.25) is 5.78 Å². The highest BCUT2D eigenvalue weighted by Crippen LogP contribution is 2.27. The first-order valence-electron chi connectivity index (χ1n) is 6.41. The molecular weight excluding hydrogens is 320 g/mol. The normalized spacial score (nSPS) is 12.7. The molecule has 1 atom stereocenters. The van der Waals surface area contributed by atoms with Crippen LogP contribution in [0.15, 0.2) is 41.0 Å². The van der Waals surface area contributed by atoms with E-state index in [1.165, 1.54) is 0 Å². The molecule has 0 radical (unpaired) electrons. The third kappa shape index (κ3) is 2.83. The van der Waals surface area contributed by atoms with Crippen LogP contribution in [0.2, 0.25) is 0 Å². The summed E-state index contributed by atoms with van der Waals surface area (Å²) in [5.41, 5.74) is 1.37. The second-order valence-corrected chi connectivity index (χ2v) is 5.62. The SMILES string of the molecule is COC(C(=O)c1c(Br)cnn1C(C)C)c1ccccc1. The number of methoxy groups -OCH3 is 1. The molecular formula is C15H17BrN2O2. The number of hydrogen-bond acceptors (Lipinski definition) is 3. The third-order valence-corrected chi connectivity index (χ3v) is 3.63. The number of aromatic nitrogens is 2. The number of benzene rings is 1. The summed E-state index contributed by atoms with van der Waals surface area (Å²) in [6.45, 7) is 3.97. The van der Waals surface area contributed by atoms with Crippen LogP contribution in [0.3, 0.4) is 0 Å². The summed E-state index contributed by atoms with van der Waals surface area (Å²) >= 11 is 3.40. The van der Waals surface area contributed by atoms with E-state index < -0.39 is 6.10 Å². The number of carbonyl (C=O) groups is 1. The van der Waals surface area contributed by atoms with E-state index in [4.69, 9.17) is 4.74 Å². The quantitative estimate of drug-likeness (QED) is 0.780. The molecule has 0 N–H and O–H groups in total. The molecule has 0 amide bonds. The first kappa shape index (κ1) is 14.9. The lowest BCUT2D eigenvalue weighted by molar-refractivity contribution is 0.0590. The Labute approximate surface area is 126 Å². The number of halogens is 1. The number of carbonyl (C=O) groups excluding carboxylic acids is 1. The van der Waals surface area contributed by atoms with Gasteiger partial charge in [-0.05, 0) is 35.3 Å². The molecule has 0 aliphatic heterocycles. The molecule has 1 heterocycles. The zero-order chi connectivity index (χ0) is 14.7. The second-order valence-electron chi connectivity index (χ2n) is 4.77. The first-order chi connectivity index (χ1) is 9.56. The second kappa shape index (κ2) is 6.33. The van der Waals surface area contributed by atoms with Crippen LogP contribution in [-0.2, 0) is 4.74 Å². The predicted octanol–water partition coefficient (Wildman–Crippen LogP) is 3.80. The van der Waals surface area contributed by atoms with Crippen molar-refractivity contribution in [3.05, 3.63) is 52.3 Å². The standard InChI is InChI=1S/C15H17BrN2O2/c1-10(2)18-13(12(16)9-17-18)14(19)15(20-3)11-7-5-4-6-8-11/h4-10,15H,1-3H3. The molecule has 0 spiro atoms. The predicted molar refractivity (Wildman–Crippen MR) is 80.8 cm³/mol. The van der Waals surface area contributed by atoms with Crippen LogP contribution in [0, 0.1) is 0 Å². The summed E-state index contributed by atoms with van der Waals surface area (Å²) in [7, 11) is 1.54. The van der Waals surface area contributed by atoms with E-state index in [1.54, 1.807) is 18.0 Å². The van der Waals surface area contributed by atoms with Gasteiger partial charge >= 0.3 is 0 Å². The molecule has 0 fully saturated rings. The molecule has 1 unspecified atom stereocenters. The molecule has 2 aromatic rings. The van der Waals surface area contributed by atoms with Crippen LogP contribution in [0.1, 0.15) is 42.0 Å². The van der Waals surface area contributed by atoms with E-state index in [2.05, 4.69) is 21.0 Å². The Bertz CT molecular complexity index is 593. The van der Waals surface area contributed by atoms with Crippen LogP contribution in [0.25, 0.3) is 0 Å². The highest BCUT2D eigenvalue weighted by Gasteiger charge is 2.27. The number of hydrogen-bond donors (Lipinski definition) is 0. The van der Waals surface area contributed by atoms with E-state index in [1.807, 2.05) is 44.2 Å². The Kier molecular flexibility index (Phi) is 4.73. The van der Waals surface area contributed by atoms with Gasteiger partial charge in [0.25, 0.3) is 0 Å². The summed E-state index contributed by atoms with van der Waals surface area (Å²) in [5.74, 6) is -0.100. The van der Waals surface area contributed by atoms with Crippen molar-refractivity contribution in [2.45, 2.75) is 26.0 Å². The summed E-state index contributed by atoms with van der Waals surface area (Å²) in [6.07, 6.45) is 1.02. The Morgan fingerprint density at radius 2 is 1.95 bits per heavy atom. The van der Waals surface area contributed by atoms with Gasteiger partial charge in [0.1, 0.15) is 11.8 Å². The monoisotopic (exact) mass is 336 g/mol. The fraction of sp³-hybridized carbons (Fsp3) is 0.333. The van der Waals surface area contributed by atoms with Crippen molar-refractivity contribution in [3.8, 4) is 0 Å². The molecule has 2 rings (SSSR count). The van der Waals surface area contributed by atoms with Crippen molar-refractivity contribution in [1.82, 2.24) is 9.78 Å². The number of rotatable bonds is 5. The van der Waals surface area contributed by atoms with Crippen molar-refractivity contribution in [3.63, 3.8) is 0 Å². The fourth-order valence-corrected chi connectivity index (χ4v) is 2.58. The van der Waals surface area contributed by atoms with Crippen LogP contribution in [0.5, 0.6) is 0 Å². The number of Topliss-reactive ketones (excluding diaryl/α,β-unsaturated/α-hetero) is 1. The highest BCUT2D eigenvalue weighted by atomic mass is 79.9. The fourth-order valence-electron chi connectivity index (χ4n) is 2.11. The summed E-state index contributed by atoms with van der Waals surface area (Å²) in [6, 6.07) is 9.57. The van der Waals surface area contributed by atoms with Crippen molar-refractivity contribution in [1.29, 1.82) is 0 Å². The Morgan fingerprint density at radius 1 is 1.30 bits per heavy atom. The minimum Gasteiger partial charge on any atom is -0.368 e. The smallest absolute Gasteiger partial charge is 0.215 e. The highest BCUT2D eigenvalue weighted by molar-refractivity contribution is 9.10. The van der Waals surface area contributed by atoms with Gasteiger partial charge in [-0.2, -0.15) is 5.10 Å². The van der Waals surface area contributed by atoms with Gasteiger partial charge in [-0.1, -0.05) is 30.3 Å². The van der Waals surface area contributed by atoms with Crippen LogP contribution in [-0.4, -0.2) is 22.7 Å². The van der Waals surface area contributed by atoms with E-state index in [-0.39, 0.29) is 11.8 Å². The maximum atomic E-state index is 12.8. The van der Waals surface area contributed by atoms with Crippen molar-refractivity contribution in [2.24, 2.45) is 0 Å². The number of ketones is 1. The van der Waals surface area contributed by atoms with E-state index in [0.717, 1.165) is 5.56 Å². The van der Waals surface area contributed by atoms with Gasteiger partial charge in [-0.3, -0.25) is 9.48 Å². The van der Waals surface area contributed by atoms with E-state index in [9.17, 15) is 4.79 Å². The van der Waals surface area contributed by atoms with Crippen molar-refractivity contribution in [2.75, 3.05) is 7.11 Å². The van der Waals surface area contributed by atoms with Gasteiger partial charge in [0, 0.05) is 13.2 Å². The number of nitrogens with zero attached hydrogens (tertiary/aromatic N) is 2. The van der Waals surface area contributed by atoms with E-state index in [0.29, 0.717) is 10.2 Å². The molecule has 0 bridgehead atoms. The Morgan fingerprint density at radius 3 is 2.50 bits per heavy atom. The summed E-state index contributed by atoms with van der Waals surface area (Å²) in [4.78, 5) is 12.8. The van der Waals surface area contributed by atoms with Gasteiger partial charge in [0.15, 0.2) is 0 Å². The summed E-state index contributed by atoms with van der Waals surface area (Å²) in [5, 5.41) is 4.24. The largest absolute Gasteiger partial charge is 0.368 e. The van der Waals surface area contributed by atoms with Crippen LogP contribution >= 0.6 is 15.9 Å². The number of ether oxygens (including phenoxy) is 1. The molecule has 20 heavy (non-hydrogen) atoms. The molecule has 1 aromatic heterocycles. The van der Waals surface area contributed by atoms with Crippen molar-refractivity contribution < 1.29 is 9.53 Å². The van der Waals surface area contributed by atoms with Gasteiger partial charge in [-0.25, -0.2) is 0 Å². The molecule has 0 saturated carbocycles. The van der Waals surface area contributed by atoms with Crippen LogP contribution < -0.4 is 0 Å². The molecule has 0 saturated heterocycles. The lowest BCUT2D eigenvalue weighted by atomic mass is 10.0. The minimum atomic E-state index is -0.623. The lowest BCUT2D eigenvalue weighted by Gasteiger charge is -2.17. The topological polar surface area (TPSA) is 44.1 Å². The Hall–Kier alpha value is -1.46.